The first-order chi connectivity index (χ1) is 8.73. The Morgan fingerprint density at radius 3 is 2.94 bits per heavy atom. The predicted octanol–water partition coefficient (Wildman–Crippen LogP) is 2.05. The zero-order chi connectivity index (χ0) is 12.3. The highest BCUT2D eigenvalue weighted by atomic mass is 16.5. The van der Waals surface area contributed by atoms with Crippen LogP contribution in [0.4, 0.5) is 5.69 Å². The van der Waals surface area contributed by atoms with Gasteiger partial charge in [0.25, 0.3) is 0 Å². The highest BCUT2D eigenvalue weighted by molar-refractivity contribution is 6.14. The first kappa shape index (κ1) is 10.1. The van der Waals surface area contributed by atoms with Gasteiger partial charge in [-0.05, 0) is 31.0 Å². The normalized spacial score (nSPS) is 22.6. The van der Waals surface area contributed by atoms with Crippen molar-refractivity contribution in [3.05, 3.63) is 23.8 Å². The van der Waals surface area contributed by atoms with Crippen LogP contribution in [0.1, 0.15) is 24.8 Å². The second-order valence-corrected chi connectivity index (χ2v) is 5.24. The summed E-state index contributed by atoms with van der Waals surface area (Å²) in [6.45, 7) is 0.789. The number of methoxy groups -OCH3 is 1. The summed E-state index contributed by atoms with van der Waals surface area (Å²) >= 11 is 0. The van der Waals surface area contributed by atoms with E-state index in [-0.39, 0.29) is 5.54 Å². The molecule has 1 aliphatic carbocycles. The van der Waals surface area contributed by atoms with Crippen LogP contribution in [0.5, 0.6) is 5.75 Å². The first-order valence-corrected chi connectivity index (χ1v) is 6.28. The second kappa shape index (κ2) is 3.13. The SMILES string of the molecule is COc1ccc2c(c1)CN1C(=N2)CC(=O)C12CC2. The van der Waals surface area contributed by atoms with Crippen molar-refractivity contribution in [2.24, 2.45) is 4.99 Å². The molecule has 4 rings (SSSR count). The number of hydrogen-bond donors (Lipinski definition) is 0. The minimum absolute atomic E-state index is 0.195. The van der Waals surface area contributed by atoms with Crippen LogP contribution in [0.25, 0.3) is 0 Å². The number of aliphatic imine (C=N–C) groups is 1. The van der Waals surface area contributed by atoms with E-state index in [1.807, 2.05) is 18.2 Å². The van der Waals surface area contributed by atoms with Gasteiger partial charge >= 0.3 is 0 Å². The third-order valence-electron chi connectivity index (χ3n) is 4.25. The summed E-state index contributed by atoms with van der Waals surface area (Å²) < 4.78 is 5.25. The van der Waals surface area contributed by atoms with Gasteiger partial charge in [-0.25, -0.2) is 4.99 Å². The number of rotatable bonds is 1. The molecule has 0 amide bonds. The molecule has 3 aliphatic rings. The third kappa shape index (κ3) is 1.15. The molecule has 0 aromatic heterocycles. The number of ether oxygens (including phenoxy) is 1. The van der Waals surface area contributed by atoms with Gasteiger partial charge < -0.3 is 9.64 Å². The topological polar surface area (TPSA) is 41.9 Å². The molecule has 0 radical (unpaired) electrons. The summed E-state index contributed by atoms with van der Waals surface area (Å²) in [6.07, 6.45) is 2.49. The average molecular weight is 242 g/mol. The Balaban J connectivity index is 1.79. The lowest BCUT2D eigenvalue weighted by Crippen LogP contribution is -2.38. The Kier molecular flexibility index (Phi) is 1.76. The standard InChI is InChI=1S/C14H14N2O2/c1-18-10-2-3-11-9(6-10)8-16-13(15-11)7-12(17)14(16)4-5-14/h2-3,6H,4-5,7-8H2,1H3. The molecule has 2 heterocycles. The van der Waals surface area contributed by atoms with Gasteiger partial charge in [0, 0.05) is 12.1 Å². The summed E-state index contributed by atoms with van der Waals surface area (Å²) in [5.74, 6) is 2.15. The number of benzene rings is 1. The monoisotopic (exact) mass is 242 g/mol. The third-order valence-corrected chi connectivity index (χ3v) is 4.25. The molecule has 2 aliphatic heterocycles. The lowest BCUT2D eigenvalue weighted by atomic mass is 10.1. The fourth-order valence-electron chi connectivity index (χ4n) is 3.04. The van der Waals surface area contributed by atoms with Crippen LogP contribution < -0.4 is 4.74 Å². The highest BCUT2D eigenvalue weighted by Gasteiger charge is 2.60. The van der Waals surface area contributed by atoms with Crippen LogP contribution in [-0.2, 0) is 11.3 Å². The number of ketones is 1. The van der Waals surface area contributed by atoms with E-state index in [2.05, 4.69) is 9.89 Å². The van der Waals surface area contributed by atoms with Crippen molar-refractivity contribution in [2.45, 2.75) is 31.3 Å². The van der Waals surface area contributed by atoms with Crippen molar-refractivity contribution in [2.75, 3.05) is 7.11 Å². The smallest absolute Gasteiger partial charge is 0.165 e. The molecule has 0 N–H and O–H groups in total. The number of hydrogen-bond acceptors (Lipinski definition) is 4. The molecule has 1 saturated carbocycles. The molecular weight excluding hydrogens is 228 g/mol. The summed E-state index contributed by atoms with van der Waals surface area (Å²) in [5.41, 5.74) is 1.94. The maximum atomic E-state index is 12.1. The van der Waals surface area contributed by atoms with Gasteiger partial charge in [0.2, 0.25) is 0 Å². The van der Waals surface area contributed by atoms with E-state index in [4.69, 9.17) is 4.74 Å². The van der Waals surface area contributed by atoms with Crippen LogP contribution in [0.2, 0.25) is 0 Å². The molecule has 4 heteroatoms. The summed E-state index contributed by atoms with van der Waals surface area (Å²) in [5, 5.41) is 0. The number of fused-ring (bicyclic) bond motifs is 3. The van der Waals surface area contributed by atoms with Crippen LogP contribution >= 0.6 is 0 Å². The maximum absolute atomic E-state index is 12.1. The first-order valence-electron chi connectivity index (χ1n) is 6.28. The van der Waals surface area contributed by atoms with Gasteiger partial charge in [0.1, 0.15) is 17.1 Å². The summed E-state index contributed by atoms with van der Waals surface area (Å²) in [7, 11) is 1.67. The van der Waals surface area contributed by atoms with Gasteiger partial charge in [-0.1, -0.05) is 0 Å². The average Bonchev–Trinajstić information content (AvgIpc) is 3.14. The van der Waals surface area contributed by atoms with Crippen LogP contribution in [-0.4, -0.2) is 29.2 Å². The van der Waals surface area contributed by atoms with E-state index in [0.717, 1.165) is 42.2 Å². The van der Waals surface area contributed by atoms with E-state index in [1.165, 1.54) is 0 Å². The number of amidine groups is 1. The minimum Gasteiger partial charge on any atom is -0.497 e. The van der Waals surface area contributed by atoms with E-state index in [9.17, 15) is 4.79 Å². The highest BCUT2D eigenvalue weighted by Crippen LogP contribution is 2.50. The van der Waals surface area contributed by atoms with Crippen molar-refractivity contribution in [3.63, 3.8) is 0 Å². The molecule has 0 atom stereocenters. The molecule has 92 valence electrons. The van der Waals surface area contributed by atoms with Gasteiger partial charge in [-0.2, -0.15) is 0 Å². The molecule has 1 aromatic rings. The van der Waals surface area contributed by atoms with Crippen molar-refractivity contribution in [1.82, 2.24) is 4.90 Å². The molecule has 1 spiro atoms. The zero-order valence-corrected chi connectivity index (χ0v) is 10.3. The van der Waals surface area contributed by atoms with E-state index in [1.54, 1.807) is 7.11 Å². The van der Waals surface area contributed by atoms with E-state index in [0.29, 0.717) is 12.2 Å². The molecule has 1 aromatic carbocycles. The molecule has 2 fully saturated rings. The van der Waals surface area contributed by atoms with E-state index >= 15 is 0 Å². The molecule has 18 heavy (non-hydrogen) atoms. The van der Waals surface area contributed by atoms with Crippen molar-refractivity contribution in [3.8, 4) is 5.75 Å². The Morgan fingerprint density at radius 1 is 1.39 bits per heavy atom. The fourth-order valence-corrected chi connectivity index (χ4v) is 3.04. The number of carbonyl (C=O) groups excluding carboxylic acids is 1. The number of nitrogens with zero attached hydrogens (tertiary/aromatic N) is 2. The van der Waals surface area contributed by atoms with Crippen LogP contribution in [0.15, 0.2) is 23.2 Å². The molecule has 0 unspecified atom stereocenters. The zero-order valence-electron chi connectivity index (χ0n) is 10.3. The van der Waals surface area contributed by atoms with Crippen molar-refractivity contribution >= 4 is 17.3 Å². The quantitative estimate of drug-likeness (QED) is 0.756. The van der Waals surface area contributed by atoms with E-state index < -0.39 is 0 Å². The van der Waals surface area contributed by atoms with Gasteiger partial charge in [-0.15, -0.1) is 0 Å². The number of Topliss-reactive ketones (excluding diaryl/α,β-unsaturated/α-hetero) is 1. The lowest BCUT2D eigenvalue weighted by Gasteiger charge is -2.29. The van der Waals surface area contributed by atoms with Crippen LogP contribution in [0, 0.1) is 0 Å². The van der Waals surface area contributed by atoms with Crippen LogP contribution in [0.3, 0.4) is 0 Å². The van der Waals surface area contributed by atoms with Gasteiger partial charge in [-0.3, -0.25) is 4.79 Å². The second-order valence-electron chi connectivity index (χ2n) is 5.24. The molecule has 4 nitrogen and oxygen atoms in total. The Labute approximate surface area is 105 Å². The lowest BCUT2D eigenvalue weighted by molar-refractivity contribution is -0.121. The molecular formula is C14H14N2O2. The minimum atomic E-state index is -0.195. The molecule has 1 saturated heterocycles. The van der Waals surface area contributed by atoms with Gasteiger partial charge in [0.05, 0.1) is 19.2 Å². The Hall–Kier alpha value is -1.84. The molecule has 0 bridgehead atoms. The van der Waals surface area contributed by atoms with Crippen molar-refractivity contribution < 1.29 is 9.53 Å². The van der Waals surface area contributed by atoms with Gasteiger partial charge in [0.15, 0.2) is 5.78 Å². The fraction of sp³-hybridized carbons (Fsp3) is 0.429. The largest absolute Gasteiger partial charge is 0.497 e. The maximum Gasteiger partial charge on any atom is 0.165 e. The Bertz CT molecular complexity index is 587. The Morgan fingerprint density at radius 2 is 2.22 bits per heavy atom. The summed E-state index contributed by atoms with van der Waals surface area (Å²) in [6, 6.07) is 5.91. The number of carbonyl (C=O) groups is 1. The summed E-state index contributed by atoms with van der Waals surface area (Å²) in [4.78, 5) is 18.9. The van der Waals surface area contributed by atoms with Crippen molar-refractivity contribution in [1.29, 1.82) is 0 Å². The predicted molar refractivity (Wildman–Crippen MR) is 67.2 cm³/mol.